The number of amides is 1. The van der Waals surface area contributed by atoms with Crippen LogP contribution < -0.4 is 4.90 Å². The lowest BCUT2D eigenvalue weighted by Crippen LogP contribution is -2.31. The average molecular weight is 321 g/mol. The van der Waals surface area contributed by atoms with E-state index in [9.17, 15) is 4.79 Å². The Morgan fingerprint density at radius 1 is 1.37 bits per heavy atom. The van der Waals surface area contributed by atoms with Crippen molar-refractivity contribution in [2.45, 2.75) is 13.8 Å². The molecule has 0 atom stereocenters. The Labute approximate surface area is 122 Å². The van der Waals surface area contributed by atoms with Gasteiger partial charge in [-0.25, -0.2) is 0 Å². The summed E-state index contributed by atoms with van der Waals surface area (Å²) < 4.78 is 2.75. The zero-order valence-electron chi connectivity index (χ0n) is 11.4. The first-order valence-electron chi connectivity index (χ1n) is 6.23. The fraction of sp³-hybridized carbons (Fsp3) is 0.267. The number of carbonyl (C=O) groups excluding carboxylic acids is 1. The Kier molecular flexibility index (Phi) is 4.10. The zero-order chi connectivity index (χ0) is 14.0. The van der Waals surface area contributed by atoms with Crippen molar-refractivity contribution in [1.29, 1.82) is 0 Å². The number of rotatable bonds is 3. The predicted molar refractivity (Wildman–Crippen MR) is 81.6 cm³/mol. The summed E-state index contributed by atoms with van der Waals surface area (Å²) in [6, 6.07) is 9.84. The van der Waals surface area contributed by atoms with Crippen molar-refractivity contribution in [3.8, 4) is 0 Å². The monoisotopic (exact) mass is 320 g/mol. The lowest BCUT2D eigenvalue weighted by molar-refractivity contribution is 0.0980. The summed E-state index contributed by atoms with van der Waals surface area (Å²) in [5.41, 5.74) is 2.76. The van der Waals surface area contributed by atoms with Crippen molar-refractivity contribution in [1.82, 2.24) is 4.57 Å². The third-order valence-corrected chi connectivity index (χ3v) is 3.50. The van der Waals surface area contributed by atoms with Gasteiger partial charge in [0.05, 0.1) is 0 Å². The first kappa shape index (κ1) is 13.9. The van der Waals surface area contributed by atoms with Gasteiger partial charge in [-0.1, -0.05) is 12.1 Å². The normalized spacial score (nSPS) is 10.5. The van der Waals surface area contributed by atoms with Crippen LogP contribution in [0.3, 0.4) is 0 Å². The highest BCUT2D eigenvalue weighted by molar-refractivity contribution is 9.10. The lowest BCUT2D eigenvalue weighted by atomic mass is 10.2. The molecule has 1 amide bonds. The Balaban J connectivity index is 2.37. The SMILES string of the molecule is CCN(C(=O)c1cc(Br)cn1C)c1cccc(C)c1. The summed E-state index contributed by atoms with van der Waals surface area (Å²) in [6.07, 6.45) is 1.89. The third kappa shape index (κ3) is 2.89. The topological polar surface area (TPSA) is 25.2 Å². The van der Waals surface area contributed by atoms with Crippen LogP contribution in [0.25, 0.3) is 0 Å². The van der Waals surface area contributed by atoms with E-state index in [4.69, 9.17) is 0 Å². The molecule has 0 unspecified atom stereocenters. The van der Waals surface area contributed by atoms with Gasteiger partial charge >= 0.3 is 0 Å². The van der Waals surface area contributed by atoms with Gasteiger partial charge in [0, 0.05) is 29.9 Å². The largest absolute Gasteiger partial charge is 0.345 e. The molecule has 0 radical (unpaired) electrons. The molecule has 0 aliphatic rings. The molecule has 2 rings (SSSR count). The highest BCUT2D eigenvalue weighted by Crippen LogP contribution is 2.21. The standard InChI is InChI=1S/C15H17BrN2O/c1-4-18(13-7-5-6-11(2)8-13)15(19)14-9-12(16)10-17(14)3/h5-10H,4H2,1-3H3. The van der Waals surface area contributed by atoms with Gasteiger partial charge < -0.3 is 9.47 Å². The molecule has 0 bridgehead atoms. The fourth-order valence-electron chi connectivity index (χ4n) is 2.11. The van der Waals surface area contributed by atoms with Gasteiger partial charge in [0.2, 0.25) is 0 Å². The number of benzene rings is 1. The maximum absolute atomic E-state index is 12.6. The summed E-state index contributed by atoms with van der Waals surface area (Å²) in [5, 5.41) is 0. The maximum Gasteiger partial charge on any atom is 0.274 e. The first-order chi connectivity index (χ1) is 9.02. The molecule has 0 aliphatic heterocycles. The maximum atomic E-state index is 12.6. The molecule has 0 saturated heterocycles. The van der Waals surface area contributed by atoms with E-state index in [1.165, 1.54) is 0 Å². The average Bonchev–Trinajstić information content (AvgIpc) is 2.69. The molecule has 0 saturated carbocycles. The van der Waals surface area contributed by atoms with Gasteiger partial charge in [0.15, 0.2) is 0 Å². The molecule has 0 fully saturated rings. The number of aryl methyl sites for hydroxylation is 2. The minimum absolute atomic E-state index is 0.0151. The number of anilines is 1. The van der Waals surface area contributed by atoms with Gasteiger partial charge in [-0.05, 0) is 53.5 Å². The molecule has 4 heteroatoms. The van der Waals surface area contributed by atoms with Crippen molar-refractivity contribution in [3.63, 3.8) is 0 Å². The predicted octanol–water partition coefficient (Wildman–Crippen LogP) is 3.76. The van der Waals surface area contributed by atoms with Crippen LogP contribution >= 0.6 is 15.9 Å². The van der Waals surface area contributed by atoms with Crippen molar-refractivity contribution < 1.29 is 4.79 Å². The molecular formula is C15H17BrN2O. The Morgan fingerprint density at radius 3 is 2.63 bits per heavy atom. The number of hydrogen-bond acceptors (Lipinski definition) is 1. The lowest BCUT2D eigenvalue weighted by Gasteiger charge is -2.21. The number of halogens is 1. The van der Waals surface area contributed by atoms with E-state index in [-0.39, 0.29) is 5.91 Å². The minimum atomic E-state index is 0.0151. The smallest absolute Gasteiger partial charge is 0.274 e. The molecule has 1 aromatic heterocycles. The van der Waals surface area contributed by atoms with Crippen molar-refractivity contribution in [2.24, 2.45) is 7.05 Å². The van der Waals surface area contributed by atoms with Crippen LogP contribution in [-0.4, -0.2) is 17.0 Å². The molecule has 0 spiro atoms. The summed E-state index contributed by atoms with van der Waals surface area (Å²) >= 11 is 3.40. The van der Waals surface area contributed by atoms with Crippen LogP contribution in [0.5, 0.6) is 0 Å². The second-order valence-electron chi connectivity index (χ2n) is 4.54. The van der Waals surface area contributed by atoms with E-state index >= 15 is 0 Å². The van der Waals surface area contributed by atoms with Crippen LogP contribution in [0.4, 0.5) is 5.69 Å². The molecular weight excluding hydrogens is 304 g/mol. The number of carbonyl (C=O) groups is 1. The van der Waals surface area contributed by atoms with Gasteiger partial charge in [0.1, 0.15) is 5.69 Å². The van der Waals surface area contributed by atoms with Crippen molar-refractivity contribution in [3.05, 3.63) is 52.3 Å². The third-order valence-electron chi connectivity index (χ3n) is 3.07. The van der Waals surface area contributed by atoms with Gasteiger partial charge in [0.25, 0.3) is 5.91 Å². The first-order valence-corrected chi connectivity index (χ1v) is 7.02. The van der Waals surface area contributed by atoms with Gasteiger partial charge in [-0.3, -0.25) is 4.79 Å². The van der Waals surface area contributed by atoms with Crippen molar-refractivity contribution >= 4 is 27.5 Å². The summed E-state index contributed by atoms with van der Waals surface area (Å²) in [7, 11) is 1.88. The number of nitrogens with zero attached hydrogens (tertiary/aromatic N) is 2. The summed E-state index contributed by atoms with van der Waals surface area (Å²) in [5.74, 6) is 0.0151. The second kappa shape index (κ2) is 5.61. The number of aromatic nitrogens is 1. The minimum Gasteiger partial charge on any atom is -0.345 e. The van der Waals surface area contributed by atoms with E-state index in [0.29, 0.717) is 12.2 Å². The number of hydrogen-bond donors (Lipinski definition) is 0. The molecule has 0 N–H and O–H groups in total. The molecule has 1 heterocycles. The summed E-state index contributed by atoms with van der Waals surface area (Å²) in [6.45, 7) is 4.66. The zero-order valence-corrected chi connectivity index (χ0v) is 12.9. The highest BCUT2D eigenvalue weighted by Gasteiger charge is 2.19. The molecule has 19 heavy (non-hydrogen) atoms. The van der Waals surface area contributed by atoms with Crippen LogP contribution in [-0.2, 0) is 7.05 Å². The highest BCUT2D eigenvalue weighted by atomic mass is 79.9. The Morgan fingerprint density at radius 2 is 2.11 bits per heavy atom. The van der Waals surface area contributed by atoms with Gasteiger partial charge in [-0.2, -0.15) is 0 Å². The van der Waals surface area contributed by atoms with E-state index in [1.807, 2.05) is 62.0 Å². The van der Waals surface area contributed by atoms with E-state index < -0.39 is 0 Å². The molecule has 100 valence electrons. The van der Waals surface area contributed by atoms with Crippen LogP contribution in [0.1, 0.15) is 23.0 Å². The van der Waals surface area contributed by atoms with Crippen LogP contribution in [0.15, 0.2) is 41.0 Å². The van der Waals surface area contributed by atoms with Crippen molar-refractivity contribution in [2.75, 3.05) is 11.4 Å². The Hall–Kier alpha value is -1.55. The van der Waals surface area contributed by atoms with E-state index in [1.54, 1.807) is 4.90 Å². The van der Waals surface area contributed by atoms with Crippen LogP contribution in [0, 0.1) is 6.92 Å². The molecule has 0 aliphatic carbocycles. The second-order valence-corrected chi connectivity index (χ2v) is 5.46. The fourth-order valence-corrected chi connectivity index (χ4v) is 2.64. The molecule has 1 aromatic carbocycles. The van der Waals surface area contributed by atoms with E-state index in [2.05, 4.69) is 15.9 Å². The van der Waals surface area contributed by atoms with Gasteiger partial charge in [-0.15, -0.1) is 0 Å². The Bertz CT molecular complexity index is 604. The van der Waals surface area contributed by atoms with E-state index in [0.717, 1.165) is 15.7 Å². The molecule has 2 aromatic rings. The quantitative estimate of drug-likeness (QED) is 0.845. The molecule has 3 nitrogen and oxygen atoms in total. The summed E-state index contributed by atoms with van der Waals surface area (Å²) in [4.78, 5) is 14.4. The van der Waals surface area contributed by atoms with Crippen LogP contribution in [0.2, 0.25) is 0 Å².